The fraction of sp³-hybridized carbons (Fsp3) is 0.312. The molecule has 0 saturated carbocycles. The Morgan fingerprint density at radius 2 is 2.20 bits per heavy atom. The molecule has 0 saturated heterocycles. The molecular weight excluding hydrogens is 344 g/mol. The van der Waals surface area contributed by atoms with Gasteiger partial charge in [-0.3, -0.25) is 9.89 Å². The Hall–Kier alpha value is -2.58. The molecule has 25 heavy (non-hydrogen) atoms. The molecule has 0 atom stereocenters. The molecule has 1 aliphatic heterocycles. The van der Waals surface area contributed by atoms with Crippen LogP contribution < -0.4 is 15.5 Å². The number of amides is 1. The number of halogens is 1. The molecule has 0 fully saturated rings. The maximum absolute atomic E-state index is 12.5. The maximum Gasteiger partial charge on any atom is 0.297 e. The zero-order valence-corrected chi connectivity index (χ0v) is 14.7. The minimum atomic E-state index is -0.230. The quantitative estimate of drug-likeness (QED) is 0.658. The lowest BCUT2D eigenvalue weighted by molar-refractivity contribution is 0.102. The zero-order chi connectivity index (χ0) is 16.7. The van der Waals surface area contributed by atoms with Gasteiger partial charge in [-0.25, -0.2) is 0 Å². The van der Waals surface area contributed by atoms with E-state index in [1.807, 2.05) is 14.1 Å². The summed E-state index contributed by atoms with van der Waals surface area (Å²) in [4.78, 5) is 18.7. The molecule has 8 nitrogen and oxygen atoms in total. The molecule has 4 rings (SSSR count). The van der Waals surface area contributed by atoms with E-state index in [9.17, 15) is 4.79 Å². The summed E-state index contributed by atoms with van der Waals surface area (Å²) < 4.78 is 5.61. The van der Waals surface area contributed by atoms with Crippen LogP contribution in [-0.2, 0) is 13.0 Å². The van der Waals surface area contributed by atoms with Gasteiger partial charge < -0.3 is 20.0 Å². The number of nitrogens with zero attached hydrogens (tertiary/aromatic N) is 3. The molecule has 0 bridgehead atoms. The van der Waals surface area contributed by atoms with Gasteiger partial charge in [0.25, 0.3) is 11.9 Å². The van der Waals surface area contributed by atoms with Crippen LogP contribution in [0.1, 0.15) is 21.7 Å². The summed E-state index contributed by atoms with van der Waals surface area (Å²) in [5.74, 6) is -0.230. The molecule has 2 aromatic heterocycles. The van der Waals surface area contributed by atoms with Crippen molar-refractivity contribution in [1.82, 2.24) is 20.5 Å². The number of rotatable bonds is 3. The molecule has 0 aliphatic carbocycles. The van der Waals surface area contributed by atoms with E-state index in [-0.39, 0.29) is 18.3 Å². The largest absolute Gasteiger partial charge is 0.423 e. The standard InChI is InChI=1S/C16H18N6O2.ClH/c1-22(2)16-19-12-7-9(3-4-13(12)24-16)18-15(23)14-10-8-17-6-5-11(10)20-21-14;/h3-4,7,17H,5-6,8H2,1-2H3,(H,18,23)(H,20,21);1H. The number of hydrogen-bond acceptors (Lipinski definition) is 6. The lowest BCUT2D eigenvalue weighted by Gasteiger charge is -2.12. The predicted molar refractivity (Wildman–Crippen MR) is 97.5 cm³/mol. The highest BCUT2D eigenvalue weighted by atomic mass is 35.5. The van der Waals surface area contributed by atoms with Crippen LogP contribution in [0.4, 0.5) is 11.7 Å². The first kappa shape index (κ1) is 17.2. The van der Waals surface area contributed by atoms with Crippen LogP contribution in [0.5, 0.6) is 0 Å². The first-order chi connectivity index (χ1) is 11.6. The second-order valence-electron chi connectivity index (χ2n) is 5.98. The molecule has 3 heterocycles. The highest BCUT2D eigenvalue weighted by Crippen LogP contribution is 2.24. The van der Waals surface area contributed by atoms with Crippen LogP contribution in [-0.4, -0.2) is 41.7 Å². The Bertz CT molecular complexity index is 917. The number of hydrogen-bond donors (Lipinski definition) is 3. The number of carbonyl (C=O) groups is 1. The number of nitrogens with one attached hydrogen (secondary N) is 3. The summed E-state index contributed by atoms with van der Waals surface area (Å²) in [6.45, 7) is 1.55. The summed E-state index contributed by atoms with van der Waals surface area (Å²) in [7, 11) is 3.73. The van der Waals surface area contributed by atoms with Crippen molar-refractivity contribution in [3.8, 4) is 0 Å². The SMILES string of the molecule is CN(C)c1nc2cc(NC(=O)c3n[nH]c4c3CNCC4)ccc2o1.Cl. The molecule has 9 heteroatoms. The van der Waals surface area contributed by atoms with Crippen LogP contribution in [0.3, 0.4) is 0 Å². The van der Waals surface area contributed by atoms with E-state index in [4.69, 9.17) is 4.42 Å². The summed E-state index contributed by atoms with van der Waals surface area (Å²) in [5, 5.41) is 13.3. The summed E-state index contributed by atoms with van der Waals surface area (Å²) >= 11 is 0. The second kappa shape index (κ2) is 6.73. The van der Waals surface area contributed by atoms with Crippen LogP contribution in [0.15, 0.2) is 22.6 Å². The summed E-state index contributed by atoms with van der Waals surface area (Å²) in [5.41, 5.74) is 4.44. The van der Waals surface area contributed by atoms with E-state index >= 15 is 0 Å². The topological polar surface area (TPSA) is 99.1 Å². The van der Waals surface area contributed by atoms with Crippen molar-refractivity contribution in [3.05, 3.63) is 35.2 Å². The molecule has 1 aromatic carbocycles. The summed E-state index contributed by atoms with van der Waals surface area (Å²) in [6.07, 6.45) is 0.855. The van der Waals surface area contributed by atoms with Crippen molar-refractivity contribution < 1.29 is 9.21 Å². The third-order valence-electron chi connectivity index (χ3n) is 4.04. The van der Waals surface area contributed by atoms with Crippen molar-refractivity contribution in [1.29, 1.82) is 0 Å². The average molecular weight is 363 g/mol. The normalized spacial score (nSPS) is 13.2. The third-order valence-corrected chi connectivity index (χ3v) is 4.04. The average Bonchev–Trinajstić information content (AvgIpc) is 3.18. The first-order valence-corrected chi connectivity index (χ1v) is 7.78. The number of fused-ring (bicyclic) bond motifs is 2. The fourth-order valence-corrected chi connectivity index (χ4v) is 2.79. The van der Waals surface area contributed by atoms with Crippen LogP contribution in [0.25, 0.3) is 11.1 Å². The monoisotopic (exact) mass is 362 g/mol. The van der Waals surface area contributed by atoms with E-state index in [1.165, 1.54) is 0 Å². The Balaban J connectivity index is 0.00000182. The number of H-pyrrole nitrogens is 1. The van der Waals surface area contributed by atoms with Gasteiger partial charge in [-0.15, -0.1) is 12.4 Å². The van der Waals surface area contributed by atoms with Crippen LogP contribution >= 0.6 is 12.4 Å². The lowest BCUT2D eigenvalue weighted by atomic mass is 10.1. The van der Waals surface area contributed by atoms with E-state index in [2.05, 4.69) is 25.8 Å². The lowest BCUT2D eigenvalue weighted by Crippen LogP contribution is -2.25. The van der Waals surface area contributed by atoms with Crippen molar-refractivity contribution in [2.24, 2.45) is 0 Å². The fourth-order valence-electron chi connectivity index (χ4n) is 2.79. The van der Waals surface area contributed by atoms with Crippen LogP contribution in [0.2, 0.25) is 0 Å². The number of aromatic nitrogens is 3. The smallest absolute Gasteiger partial charge is 0.297 e. The molecule has 132 valence electrons. The number of aromatic amines is 1. The zero-order valence-electron chi connectivity index (χ0n) is 13.9. The van der Waals surface area contributed by atoms with Gasteiger partial charge in [0.2, 0.25) is 0 Å². The molecule has 3 aromatic rings. The van der Waals surface area contributed by atoms with Gasteiger partial charge in [0.1, 0.15) is 5.52 Å². The third kappa shape index (κ3) is 3.18. The highest BCUT2D eigenvalue weighted by molar-refractivity contribution is 6.04. The van der Waals surface area contributed by atoms with Crippen molar-refractivity contribution in [3.63, 3.8) is 0 Å². The molecule has 0 unspecified atom stereocenters. The Labute approximate surface area is 150 Å². The Morgan fingerprint density at radius 1 is 1.36 bits per heavy atom. The van der Waals surface area contributed by atoms with Gasteiger partial charge in [0.05, 0.1) is 0 Å². The van der Waals surface area contributed by atoms with E-state index < -0.39 is 0 Å². The van der Waals surface area contributed by atoms with Crippen molar-refractivity contribution >= 4 is 41.1 Å². The van der Waals surface area contributed by atoms with E-state index in [1.54, 1.807) is 23.1 Å². The predicted octanol–water partition coefficient (Wildman–Crippen LogP) is 1.94. The number of oxazole rings is 1. The van der Waals surface area contributed by atoms with Gasteiger partial charge in [-0.05, 0) is 18.2 Å². The molecule has 1 aliphatic rings. The molecule has 0 spiro atoms. The van der Waals surface area contributed by atoms with E-state index in [0.717, 1.165) is 24.2 Å². The Morgan fingerprint density at radius 3 is 3.00 bits per heavy atom. The number of carbonyl (C=O) groups excluding carboxylic acids is 1. The minimum Gasteiger partial charge on any atom is -0.423 e. The number of benzene rings is 1. The first-order valence-electron chi connectivity index (χ1n) is 7.78. The highest BCUT2D eigenvalue weighted by Gasteiger charge is 2.21. The molecule has 0 radical (unpaired) electrons. The van der Waals surface area contributed by atoms with Gasteiger partial charge >= 0.3 is 0 Å². The minimum absolute atomic E-state index is 0. The molecule has 1 amide bonds. The van der Waals surface area contributed by atoms with Gasteiger partial charge in [-0.1, -0.05) is 0 Å². The van der Waals surface area contributed by atoms with E-state index in [0.29, 0.717) is 35.0 Å². The van der Waals surface area contributed by atoms with Gasteiger partial charge in [0.15, 0.2) is 11.3 Å². The molecular formula is C16H19ClN6O2. The summed E-state index contributed by atoms with van der Waals surface area (Å²) in [6, 6.07) is 5.91. The van der Waals surface area contributed by atoms with Crippen LogP contribution in [0, 0.1) is 0 Å². The number of anilines is 2. The van der Waals surface area contributed by atoms with Crippen molar-refractivity contribution in [2.45, 2.75) is 13.0 Å². The second-order valence-corrected chi connectivity index (χ2v) is 5.98. The van der Waals surface area contributed by atoms with Crippen molar-refractivity contribution in [2.75, 3.05) is 30.9 Å². The Kier molecular flexibility index (Phi) is 4.65. The van der Waals surface area contributed by atoms with Gasteiger partial charge in [0, 0.05) is 50.6 Å². The molecule has 3 N–H and O–H groups in total. The maximum atomic E-state index is 12.5. The van der Waals surface area contributed by atoms with Gasteiger partial charge in [-0.2, -0.15) is 10.1 Å².